The molecular weight excluding hydrogens is 276 g/mol. The average molecular weight is 298 g/mol. The molecule has 116 valence electrons. The van der Waals surface area contributed by atoms with Crippen LogP contribution >= 0.6 is 0 Å². The smallest absolute Gasteiger partial charge is 0.251 e. The molecular formula is C17H22N4O. The Hall–Kier alpha value is -1.88. The van der Waals surface area contributed by atoms with Gasteiger partial charge in [-0.05, 0) is 49.8 Å². The Kier molecular flexibility index (Phi) is 3.58. The van der Waals surface area contributed by atoms with Gasteiger partial charge in [0.15, 0.2) is 0 Å². The number of rotatable bonds is 4. The van der Waals surface area contributed by atoms with Crippen molar-refractivity contribution in [3.63, 3.8) is 0 Å². The first kappa shape index (κ1) is 13.8. The van der Waals surface area contributed by atoms with E-state index in [1.54, 1.807) is 6.20 Å². The van der Waals surface area contributed by atoms with Crippen molar-refractivity contribution in [2.45, 2.75) is 31.7 Å². The van der Waals surface area contributed by atoms with Gasteiger partial charge in [-0.1, -0.05) is 0 Å². The van der Waals surface area contributed by atoms with Crippen LogP contribution in [0.4, 0.5) is 0 Å². The highest BCUT2D eigenvalue weighted by atomic mass is 16.1. The summed E-state index contributed by atoms with van der Waals surface area (Å²) in [6.07, 6.45) is 6.70. The average Bonchev–Trinajstić information content (AvgIpc) is 3.22. The Morgan fingerprint density at radius 3 is 2.86 bits per heavy atom. The summed E-state index contributed by atoms with van der Waals surface area (Å²) in [6.45, 7) is 3.49. The van der Waals surface area contributed by atoms with Gasteiger partial charge < -0.3 is 10.2 Å². The third-order valence-electron chi connectivity index (χ3n) is 4.84. The Morgan fingerprint density at radius 1 is 1.27 bits per heavy atom. The molecule has 1 aromatic heterocycles. The first-order chi connectivity index (χ1) is 10.8. The lowest BCUT2D eigenvalue weighted by Gasteiger charge is -2.32. The molecule has 1 amide bonds. The minimum Gasteiger partial charge on any atom is -0.349 e. The number of carbonyl (C=O) groups is 1. The van der Waals surface area contributed by atoms with E-state index in [1.165, 1.54) is 19.4 Å². The second kappa shape index (κ2) is 5.72. The van der Waals surface area contributed by atoms with Crippen molar-refractivity contribution in [1.82, 2.24) is 20.4 Å². The number of hydrogen-bond acceptors (Lipinski definition) is 3. The van der Waals surface area contributed by atoms with E-state index in [0.29, 0.717) is 11.6 Å². The van der Waals surface area contributed by atoms with Crippen molar-refractivity contribution in [2.75, 3.05) is 19.6 Å². The van der Waals surface area contributed by atoms with Crippen LogP contribution in [-0.2, 0) is 0 Å². The van der Waals surface area contributed by atoms with Gasteiger partial charge in [0.1, 0.15) is 0 Å². The maximum absolute atomic E-state index is 12.4. The van der Waals surface area contributed by atoms with Gasteiger partial charge in [-0.3, -0.25) is 9.89 Å². The summed E-state index contributed by atoms with van der Waals surface area (Å²) in [6, 6.07) is 5.98. The van der Waals surface area contributed by atoms with Crippen LogP contribution in [-0.4, -0.2) is 46.7 Å². The summed E-state index contributed by atoms with van der Waals surface area (Å²) < 4.78 is 0. The van der Waals surface area contributed by atoms with E-state index in [2.05, 4.69) is 20.4 Å². The van der Waals surface area contributed by atoms with Crippen LogP contribution in [0.5, 0.6) is 0 Å². The van der Waals surface area contributed by atoms with Crippen LogP contribution in [0.3, 0.4) is 0 Å². The van der Waals surface area contributed by atoms with Gasteiger partial charge in [0.2, 0.25) is 0 Å². The SMILES string of the molecule is O=C(NC1CCN(CC2CC2)CC1)c1ccc2[nH]ncc2c1. The highest BCUT2D eigenvalue weighted by Gasteiger charge is 2.27. The number of nitrogens with zero attached hydrogens (tertiary/aromatic N) is 2. The van der Waals surface area contributed by atoms with E-state index in [9.17, 15) is 4.79 Å². The Labute approximate surface area is 130 Å². The van der Waals surface area contributed by atoms with E-state index in [-0.39, 0.29) is 5.91 Å². The molecule has 1 saturated heterocycles. The van der Waals surface area contributed by atoms with Crippen LogP contribution < -0.4 is 5.32 Å². The molecule has 2 heterocycles. The Balaban J connectivity index is 1.33. The Bertz CT molecular complexity index is 668. The summed E-state index contributed by atoms with van der Waals surface area (Å²) >= 11 is 0. The normalized spacial score (nSPS) is 20.4. The van der Waals surface area contributed by atoms with Gasteiger partial charge in [-0.2, -0.15) is 5.10 Å². The molecule has 5 heteroatoms. The van der Waals surface area contributed by atoms with Crippen LogP contribution in [0.15, 0.2) is 24.4 Å². The monoisotopic (exact) mass is 298 g/mol. The maximum Gasteiger partial charge on any atom is 0.251 e. The van der Waals surface area contributed by atoms with Gasteiger partial charge in [0.25, 0.3) is 5.91 Å². The summed E-state index contributed by atoms with van der Waals surface area (Å²) in [7, 11) is 0. The number of carbonyl (C=O) groups excluding carboxylic acids is 1. The van der Waals surface area contributed by atoms with Gasteiger partial charge in [0, 0.05) is 36.6 Å². The molecule has 5 nitrogen and oxygen atoms in total. The van der Waals surface area contributed by atoms with Crippen molar-refractivity contribution in [2.24, 2.45) is 5.92 Å². The number of aromatic nitrogens is 2. The van der Waals surface area contributed by atoms with E-state index in [1.807, 2.05) is 18.2 Å². The van der Waals surface area contributed by atoms with E-state index in [0.717, 1.165) is 42.8 Å². The molecule has 0 bridgehead atoms. The zero-order valence-electron chi connectivity index (χ0n) is 12.7. The molecule has 2 aromatic rings. The number of hydrogen-bond donors (Lipinski definition) is 2. The molecule has 22 heavy (non-hydrogen) atoms. The molecule has 0 spiro atoms. The third-order valence-corrected chi connectivity index (χ3v) is 4.84. The second-order valence-electron chi connectivity index (χ2n) is 6.66. The van der Waals surface area contributed by atoms with Gasteiger partial charge >= 0.3 is 0 Å². The number of amides is 1. The lowest BCUT2D eigenvalue weighted by atomic mass is 10.0. The topological polar surface area (TPSA) is 61.0 Å². The summed E-state index contributed by atoms with van der Waals surface area (Å²) in [5.41, 5.74) is 1.68. The number of H-pyrrole nitrogens is 1. The van der Waals surface area contributed by atoms with E-state index in [4.69, 9.17) is 0 Å². The van der Waals surface area contributed by atoms with Crippen LogP contribution in [0.2, 0.25) is 0 Å². The third kappa shape index (κ3) is 2.99. The molecule has 0 unspecified atom stereocenters. The van der Waals surface area contributed by atoms with Crippen molar-refractivity contribution >= 4 is 16.8 Å². The number of likely N-dealkylation sites (tertiary alicyclic amines) is 1. The van der Waals surface area contributed by atoms with Crippen molar-refractivity contribution in [3.8, 4) is 0 Å². The first-order valence-corrected chi connectivity index (χ1v) is 8.24. The predicted molar refractivity (Wildman–Crippen MR) is 85.7 cm³/mol. The lowest BCUT2D eigenvalue weighted by molar-refractivity contribution is 0.0910. The number of benzene rings is 1. The Morgan fingerprint density at radius 2 is 2.09 bits per heavy atom. The summed E-state index contributed by atoms with van der Waals surface area (Å²) in [5, 5.41) is 11.1. The van der Waals surface area contributed by atoms with Gasteiger partial charge in [0.05, 0.1) is 11.7 Å². The molecule has 2 N–H and O–H groups in total. The summed E-state index contributed by atoms with van der Waals surface area (Å²) in [5.74, 6) is 0.983. The standard InChI is InChI=1S/C17H22N4O/c22-17(13-3-4-16-14(9-13)10-18-20-16)19-15-5-7-21(8-6-15)11-12-1-2-12/h3-4,9-10,12,15H,1-2,5-8,11H2,(H,18,20)(H,19,22). The maximum atomic E-state index is 12.4. The first-order valence-electron chi connectivity index (χ1n) is 8.24. The fourth-order valence-electron chi connectivity index (χ4n) is 3.28. The van der Waals surface area contributed by atoms with Gasteiger partial charge in [-0.15, -0.1) is 0 Å². The number of nitrogens with one attached hydrogen (secondary N) is 2. The van der Waals surface area contributed by atoms with Crippen LogP contribution in [0, 0.1) is 5.92 Å². The molecule has 1 aliphatic heterocycles. The minimum absolute atomic E-state index is 0.0312. The molecule has 1 saturated carbocycles. The quantitative estimate of drug-likeness (QED) is 0.909. The van der Waals surface area contributed by atoms with Crippen molar-refractivity contribution in [3.05, 3.63) is 30.0 Å². The molecule has 1 aromatic carbocycles. The zero-order chi connectivity index (χ0) is 14.9. The number of piperidine rings is 1. The highest BCUT2D eigenvalue weighted by Crippen LogP contribution is 2.30. The van der Waals surface area contributed by atoms with Crippen LogP contribution in [0.25, 0.3) is 10.9 Å². The predicted octanol–water partition coefficient (Wildman–Crippen LogP) is 2.17. The van der Waals surface area contributed by atoms with Crippen molar-refractivity contribution in [1.29, 1.82) is 0 Å². The zero-order valence-corrected chi connectivity index (χ0v) is 12.7. The lowest BCUT2D eigenvalue weighted by Crippen LogP contribution is -2.45. The highest BCUT2D eigenvalue weighted by molar-refractivity contribution is 5.98. The molecule has 2 fully saturated rings. The second-order valence-corrected chi connectivity index (χ2v) is 6.66. The molecule has 0 atom stereocenters. The molecule has 0 radical (unpaired) electrons. The molecule has 2 aliphatic rings. The van der Waals surface area contributed by atoms with E-state index < -0.39 is 0 Å². The fraction of sp³-hybridized carbons (Fsp3) is 0.529. The van der Waals surface area contributed by atoms with Gasteiger partial charge in [-0.25, -0.2) is 0 Å². The molecule has 1 aliphatic carbocycles. The van der Waals surface area contributed by atoms with E-state index >= 15 is 0 Å². The minimum atomic E-state index is 0.0312. The summed E-state index contributed by atoms with van der Waals surface area (Å²) in [4.78, 5) is 14.9. The fourth-order valence-corrected chi connectivity index (χ4v) is 3.28. The molecule has 4 rings (SSSR count). The number of aromatic amines is 1. The van der Waals surface area contributed by atoms with Crippen molar-refractivity contribution < 1.29 is 4.79 Å². The number of fused-ring (bicyclic) bond motifs is 1. The largest absolute Gasteiger partial charge is 0.349 e. The van der Waals surface area contributed by atoms with Crippen LogP contribution in [0.1, 0.15) is 36.0 Å².